The molecule has 0 atom stereocenters. The number of carbonyl (C=O) groups excluding carboxylic acids is 1. The Labute approximate surface area is 159 Å². The molecule has 0 radical (unpaired) electrons. The van der Waals surface area contributed by atoms with Crippen molar-refractivity contribution in [1.29, 1.82) is 0 Å². The lowest BCUT2D eigenvalue weighted by atomic mass is 10.1. The lowest BCUT2D eigenvalue weighted by Gasteiger charge is -2.11. The largest absolute Gasteiger partial charge is 0.289 e. The van der Waals surface area contributed by atoms with Crippen molar-refractivity contribution in [2.75, 3.05) is 4.72 Å². The average molecular weight is 377 g/mol. The van der Waals surface area contributed by atoms with Gasteiger partial charge in [-0.05, 0) is 42.8 Å². The first-order valence-electron chi connectivity index (χ1n) is 8.42. The molecule has 0 fully saturated rings. The molecule has 0 bridgehead atoms. The zero-order valence-corrected chi connectivity index (χ0v) is 15.6. The first-order chi connectivity index (χ1) is 13.0. The third-order valence-electron chi connectivity index (χ3n) is 4.01. The number of anilines is 1. The first-order valence-corrected chi connectivity index (χ1v) is 9.90. The molecule has 0 aliphatic heterocycles. The van der Waals surface area contributed by atoms with Gasteiger partial charge in [0, 0.05) is 5.56 Å². The minimum absolute atomic E-state index is 0.146. The molecule has 0 aliphatic carbocycles. The lowest BCUT2D eigenvalue weighted by Crippen LogP contribution is -2.13. The average Bonchev–Trinajstić information content (AvgIpc) is 2.68. The van der Waals surface area contributed by atoms with Gasteiger partial charge in [-0.2, -0.15) is 0 Å². The number of carbonyl (C=O) groups is 1. The molecular formula is C22H19NO3S. The smallest absolute Gasteiger partial charge is 0.261 e. The third kappa shape index (κ3) is 4.71. The molecule has 3 rings (SSSR count). The molecule has 0 amide bonds. The molecule has 3 aromatic rings. The number of hydrogen-bond donors (Lipinski definition) is 1. The van der Waals surface area contributed by atoms with Crippen molar-refractivity contribution in [3.63, 3.8) is 0 Å². The Hall–Kier alpha value is -3.18. The van der Waals surface area contributed by atoms with Gasteiger partial charge >= 0.3 is 0 Å². The van der Waals surface area contributed by atoms with Gasteiger partial charge in [0.25, 0.3) is 10.0 Å². The number of aryl methyl sites for hydroxylation is 1. The second-order valence-corrected chi connectivity index (χ2v) is 7.75. The number of hydrogen-bond acceptors (Lipinski definition) is 3. The van der Waals surface area contributed by atoms with E-state index in [0.717, 1.165) is 5.56 Å². The van der Waals surface area contributed by atoms with Crippen LogP contribution in [0.15, 0.2) is 89.8 Å². The van der Waals surface area contributed by atoms with E-state index in [-0.39, 0.29) is 10.7 Å². The Morgan fingerprint density at radius 1 is 0.852 bits per heavy atom. The van der Waals surface area contributed by atoms with Crippen LogP contribution in [-0.2, 0) is 10.0 Å². The fraction of sp³-hybridized carbons (Fsp3) is 0.0455. The molecule has 1 N–H and O–H groups in total. The summed E-state index contributed by atoms with van der Waals surface area (Å²) in [6, 6.07) is 22.5. The molecule has 136 valence electrons. The van der Waals surface area contributed by atoms with Crippen molar-refractivity contribution in [2.45, 2.75) is 11.8 Å². The van der Waals surface area contributed by atoms with E-state index in [0.29, 0.717) is 16.8 Å². The molecule has 0 aromatic heterocycles. The molecule has 5 heteroatoms. The van der Waals surface area contributed by atoms with Crippen LogP contribution in [-0.4, -0.2) is 14.2 Å². The number of ketones is 1. The fourth-order valence-corrected chi connectivity index (χ4v) is 3.61. The molecule has 0 spiro atoms. The zero-order valence-electron chi connectivity index (χ0n) is 14.8. The van der Waals surface area contributed by atoms with Gasteiger partial charge in [-0.15, -0.1) is 0 Å². The Bertz CT molecular complexity index is 1070. The molecule has 0 unspecified atom stereocenters. The van der Waals surface area contributed by atoms with Gasteiger partial charge in [-0.3, -0.25) is 9.52 Å². The summed E-state index contributed by atoms with van der Waals surface area (Å²) in [5.41, 5.74) is 2.58. The van der Waals surface area contributed by atoms with Crippen LogP contribution in [0.3, 0.4) is 0 Å². The summed E-state index contributed by atoms with van der Waals surface area (Å²) < 4.78 is 27.8. The van der Waals surface area contributed by atoms with E-state index < -0.39 is 10.0 Å². The van der Waals surface area contributed by atoms with Crippen molar-refractivity contribution in [3.05, 3.63) is 102 Å². The second-order valence-electron chi connectivity index (χ2n) is 6.07. The van der Waals surface area contributed by atoms with Gasteiger partial charge in [0.05, 0.1) is 10.6 Å². The van der Waals surface area contributed by atoms with E-state index in [9.17, 15) is 13.2 Å². The summed E-state index contributed by atoms with van der Waals surface area (Å²) in [4.78, 5) is 12.4. The van der Waals surface area contributed by atoms with E-state index in [1.807, 2.05) is 13.0 Å². The van der Waals surface area contributed by atoms with Crippen molar-refractivity contribution < 1.29 is 13.2 Å². The first kappa shape index (κ1) is 18.6. The van der Waals surface area contributed by atoms with Gasteiger partial charge in [0.15, 0.2) is 5.78 Å². The van der Waals surface area contributed by atoms with Crippen LogP contribution in [0.2, 0.25) is 0 Å². The molecule has 0 saturated carbocycles. The number of benzene rings is 3. The molecule has 0 aliphatic rings. The summed E-state index contributed by atoms with van der Waals surface area (Å²) in [6.45, 7) is 1.90. The summed E-state index contributed by atoms with van der Waals surface area (Å²) in [5.74, 6) is -0.146. The van der Waals surface area contributed by atoms with Crippen molar-refractivity contribution in [2.24, 2.45) is 0 Å². The van der Waals surface area contributed by atoms with Gasteiger partial charge in [0.1, 0.15) is 0 Å². The van der Waals surface area contributed by atoms with Gasteiger partial charge in [-0.25, -0.2) is 8.42 Å². The predicted molar refractivity (Wildman–Crippen MR) is 108 cm³/mol. The van der Waals surface area contributed by atoms with E-state index in [4.69, 9.17) is 0 Å². The maximum Gasteiger partial charge on any atom is 0.261 e. The third-order valence-corrected chi connectivity index (χ3v) is 5.39. The quantitative estimate of drug-likeness (QED) is 0.501. The molecule has 27 heavy (non-hydrogen) atoms. The van der Waals surface area contributed by atoms with E-state index in [2.05, 4.69) is 4.72 Å². The summed E-state index contributed by atoms with van der Waals surface area (Å²) in [5, 5.41) is 0. The van der Waals surface area contributed by atoms with Crippen molar-refractivity contribution in [1.82, 2.24) is 0 Å². The number of sulfonamides is 1. The highest BCUT2D eigenvalue weighted by molar-refractivity contribution is 7.92. The Kier molecular flexibility index (Phi) is 5.52. The van der Waals surface area contributed by atoms with E-state index in [1.165, 1.54) is 6.08 Å². The fourth-order valence-electron chi connectivity index (χ4n) is 2.52. The molecule has 3 aromatic carbocycles. The topological polar surface area (TPSA) is 63.2 Å². The standard InChI is InChI=1S/C22H19NO3S/c1-17-11-14-20(15-12-17)27(25,26)23-21-10-6-5-7-18(21)13-16-22(24)19-8-3-2-4-9-19/h2-16,23H,1H3/b16-13+. The highest BCUT2D eigenvalue weighted by Gasteiger charge is 2.15. The summed E-state index contributed by atoms with van der Waals surface area (Å²) in [6.07, 6.45) is 3.05. The van der Waals surface area contributed by atoms with Crippen LogP contribution in [0.25, 0.3) is 6.08 Å². The molecule has 0 saturated heterocycles. The van der Waals surface area contributed by atoms with Crippen LogP contribution >= 0.6 is 0 Å². The van der Waals surface area contributed by atoms with Crippen LogP contribution in [0.5, 0.6) is 0 Å². The Balaban J connectivity index is 1.85. The van der Waals surface area contributed by atoms with Crippen molar-refractivity contribution >= 4 is 27.6 Å². The minimum atomic E-state index is -3.71. The number of para-hydroxylation sites is 1. The minimum Gasteiger partial charge on any atom is -0.289 e. The van der Waals surface area contributed by atoms with Crippen LogP contribution < -0.4 is 4.72 Å². The van der Waals surface area contributed by atoms with Crippen LogP contribution in [0.1, 0.15) is 21.5 Å². The van der Waals surface area contributed by atoms with Crippen molar-refractivity contribution in [3.8, 4) is 0 Å². The predicted octanol–water partition coefficient (Wildman–Crippen LogP) is 4.69. The highest BCUT2D eigenvalue weighted by atomic mass is 32.2. The maximum atomic E-state index is 12.6. The number of rotatable bonds is 6. The normalized spacial score (nSPS) is 11.4. The molecule has 0 heterocycles. The molecular weight excluding hydrogens is 358 g/mol. The van der Waals surface area contributed by atoms with Crippen LogP contribution in [0.4, 0.5) is 5.69 Å². The second kappa shape index (κ2) is 8.01. The summed E-state index contributed by atoms with van der Waals surface area (Å²) in [7, 11) is -3.71. The number of allylic oxidation sites excluding steroid dienone is 1. The zero-order chi connectivity index (χ0) is 19.3. The molecule has 4 nitrogen and oxygen atoms in total. The lowest BCUT2D eigenvalue weighted by molar-refractivity contribution is 0.104. The van der Waals surface area contributed by atoms with Crippen LogP contribution in [0, 0.1) is 6.92 Å². The monoisotopic (exact) mass is 377 g/mol. The Morgan fingerprint density at radius 3 is 2.19 bits per heavy atom. The highest BCUT2D eigenvalue weighted by Crippen LogP contribution is 2.22. The van der Waals surface area contributed by atoms with Gasteiger partial charge in [-0.1, -0.05) is 66.2 Å². The van der Waals surface area contributed by atoms with Gasteiger partial charge < -0.3 is 0 Å². The van der Waals surface area contributed by atoms with E-state index in [1.54, 1.807) is 78.9 Å². The Morgan fingerprint density at radius 2 is 1.48 bits per heavy atom. The van der Waals surface area contributed by atoms with Gasteiger partial charge in [0.2, 0.25) is 0 Å². The number of nitrogens with one attached hydrogen (secondary N) is 1. The van der Waals surface area contributed by atoms with E-state index >= 15 is 0 Å². The SMILES string of the molecule is Cc1ccc(S(=O)(=O)Nc2ccccc2/C=C/C(=O)c2ccccc2)cc1. The maximum absolute atomic E-state index is 12.6. The summed E-state index contributed by atoms with van der Waals surface area (Å²) >= 11 is 0.